The van der Waals surface area contributed by atoms with Gasteiger partial charge in [0, 0.05) is 6.04 Å². The van der Waals surface area contributed by atoms with Crippen molar-refractivity contribution >= 4 is 34.2 Å². The zero-order valence-electron chi connectivity index (χ0n) is 9.57. The molecule has 1 aliphatic rings. The Kier molecular flexibility index (Phi) is 3.91. The molecule has 0 aromatic heterocycles. The van der Waals surface area contributed by atoms with Gasteiger partial charge in [0.1, 0.15) is 0 Å². The monoisotopic (exact) mass is 357 g/mol. The maximum atomic E-state index is 11.5. The number of ether oxygens (including phenoxy) is 1. The molecule has 18 heavy (non-hydrogen) atoms. The molecule has 1 fully saturated rings. The van der Waals surface area contributed by atoms with Gasteiger partial charge < -0.3 is 15.8 Å². The number of rotatable bonds is 4. The van der Waals surface area contributed by atoms with Gasteiger partial charge in [0.05, 0.1) is 20.9 Å². The Morgan fingerprint density at radius 2 is 2.33 bits per heavy atom. The zero-order valence-corrected chi connectivity index (χ0v) is 11.7. The first-order valence-electron chi connectivity index (χ1n) is 5.51. The number of hydrogen-bond acceptors (Lipinski definition) is 4. The summed E-state index contributed by atoms with van der Waals surface area (Å²) in [5.41, 5.74) is 6.64. The Morgan fingerprint density at radius 3 is 2.89 bits per heavy atom. The van der Waals surface area contributed by atoms with Crippen LogP contribution in [0.1, 0.15) is 18.4 Å². The highest BCUT2D eigenvalue weighted by molar-refractivity contribution is 14.1. The number of halogens is 1. The van der Waals surface area contributed by atoms with Gasteiger partial charge in [0.25, 0.3) is 5.91 Å². The van der Waals surface area contributed by atoms with Crippen LogP contribution >= 0.6 is 22.6 Å². The average molecular weight is 357 g/mol. The average Bonchev–Trinajstić information content (AvgIpc) is 3.11. The first-order chi connectivity index (χ1) is 8.60. The van der Waals surface area contributed by atoms with E-state index in [0.29, 0.717) is 23.0 Å². The van der Waals surface area contributed by atoms with Gasteiger partial charge in [-0.05, 0) is 47.6 Å². The molecule has 5 nitrogen and oxygen atoms in total. The maximum absolute atomic E-state index is 11.5. The molecule has 3 N–H and O–H groups in total. The van der Waals surface area contributed by atoms with E-state index in [9.17, 15) is 4.79 Å². The summed E-state index contributed by atoms with van der Waals surface area (Å²) in [6.45, 7) is -0.0530. The van der Waals surface area contributed by atoms with E-state index in [1.54, 1.807) is 6.07 Å². The van der Waals surface area contributed by atoms with Crippen LogP contribution in [0.2, 0.25) is 0 Å². The van der Waals surface area contributed by atoms with Gasteiger partial charge in [-0.25, -0.2) is 0 Å². The van der Waals surface area contributed by atoms with Crippen LogP contribution in [-0.2, 0) is 4.79 Å². The second kappa shape index (κ2) is 5.44. The summed E-state index contributed by atoms with van der Waals surface area (Å²) in [6.07, 6.45) is 2.09. The van der Waals surface area contributed by atoms with Crippen LogP contribution in [0.25, 0.3) is 0 Å². The Morgan fingerprint density at radius 1 is 1.61 bits per heavy atom. The molecule has 1 amide bonds. The summed E-state index contributed by atoms with van der Waals surface area (Å²) in [4.78, 5) is 11.5. The normalized spacial score (nSPS) is 13.8. The lowest BCUT2D eigenvalue weighted by molar-refractivity contribution is -0.123. The van der Waals surface area contributed by atoms with Crippen LogP contribution in [-0.4, -0.2) is 18.6 Å². The van der Waals surface area contributed by atoms with E-state index in [1.807, 2.05) is 28.7 Å². The number of nitriles is 1. The van der Waals surface area contributed by atoms with Crippen LogP contribution < -0.4 is 15.8 Å². The SMILES string of the molecule is N#Cc1cc(N)c(OCC(=O)NC2CC2)c(I)c1. The molecule has 2 rings (SSSR count). The van der Waals surface area contributed by atoms with Crippen molar-refractivity contribution in [3.8, 4) is 11.8 Å². The number of hydrogen-bond donors (Lipinski definition) is 2. The van der Waals surface area contributed by atoms with Gasteiger partial charge in [-0.1, -0.05) is 0 Å². The maximum Gasteiger partial charge on any atom is 0.258 e. The highest BCUT2D eigenvalue weighted by Crippen LogP contribution is 2.29. The number of anilines is 1. The predicted octanol–water partition coefficient (Wildman–Crippen LogP) is 1.40. The first-order valence-corrected chi connectivity index (χ1v) is 6.59. The summed E-state index contributed by atoms with van der Waals surface area (Å²) in [5, 5.41) is 11.6. The quantitative estimate of drug-likeness (QED) is 0.630. The standard InChI is InChI=1S/C12H12IN3O2/c13-9-3-7(5-14)4-10(15)12(9)18-6-11(17)16-8-1-2-8/h3-4,8H,1-2,6,15H2,(H,16,17). The van der Waals surface area contributed by atoms with Crippen LogP contribution in [0.3, 0.4) is 0 Å². The minimum absolute atomic E-state index is 0.0530. The van der Waals surface area contributed by atoms with Gasteiger partial charge in [0.15, 0.2) is 12.4 Å². The van der Waals surface area contributed by atoms with E-state index in [-0.39, 0.29) is 12.5 Å². The van der Waals surface area contributed by atoms with Gasteiger partial charge in [-0.15, -0.1) is 0 Å². The van der Waals surface area contributed by atoms with Crippen molar-refractivity contribution in [3.63, 3.8) is 0 Å². The van der Waals surface area contributed by atoms with Gasteiger partial charge in [-0.3, -0.25) is 4.79 Å². The summed E-state index contributed by atoms with van der Waals surface area (Å²) in [7, 11) is 0. The first kappa shape index (κ1) is 13.0. The smallest absolute Gasteiger partial charge is 0.258 e. The fourth-order valence-electron chi connectivity index (χ4n) is 1.47. The Bertz CT molecular complexity index is 498. The van der Waals surface area contributed by atoms with Gasteiger partial charge in [-0.2, -0.15) is 5.26 Å². The molecule has 0 atom stereocenters. The highest BCUT2D eigenvalue weighted by Gasteiger charge is 2.23. The molecule has 0 radical (unpaired) electrons. The number of amides is 1. The van der Waals surface area contributed by atoms with Crippen LogP contribution in [0, 0.1) is 14.9 Å². The van der Waals surface area contributed by atoms with Crippen molar-refractivity contribution in [1.29, 1.82) is 5.26 Å². The van der Waals surface area contributed by atoms with E-state index in [2.05, 4.69) is 5.32 Å². The largest absolute Gasteiger partial charge is 0.480 e. The lowest BCUT2D eigenvalue weighted by Crippen LogP contribution is -2.30. The Balaban J connectivity index is 2.00. The topological polar surface area (TPSA) is 88.1 Å². The van der Waals surface area contributed by atoms with Crippen LogP contribution in [0.15, 0.2) is 12.1 Å². The summed E-state index contributed by atoms with van der Waals surface area (Å²) in [5.74, 6) is 0.317. The number of nitrogens with one attached hydrogen (secondary N) is 1. The highest BCUT2D eigenvalue weighted by atomic mass is 127. The molecule has 0 spiro atoms. The van der Waals surface area contributed by atoms with E-state index < -0.39 is 0 Å². The molecule has 0 bridgehead atoms. The molecule has 0 heterocycles. The van der Waals surface area contributed by atoms with E-state index in [0.717, 1.165) is 16.4 Å². The molecule has 0 saturated heterocycles. The summed E-state index contributed by atoms with van der Waals surface area (Å²) >= 11 is 2.03. The van der Waals surface area contributed by atoms with Crippen molar-refractivity contribution in [2.45, 2.75) is 18.9 Å². The molecule has 1 aromatic carbocycles. The molecule has 0 aliphatic heterocycles. The molecule has 1 aliphatic carbocycles. The summed E-state index contributed by atoms with van der Waals surface area (Å²) in [6, 6.07) is 5.54. The third-order valence-electron chi connectivity index (χ3n) is 2.49. The molecular weight excluding hydrogens is 345 g/mol. The van der Waals surface area contributed by atoms with E-state index in [4.69, 9.17) is 15.7 Å². The van der Waals surface area contributed by atoms with E-state index in [1.165, 1.54) is 6.07 Å². The van der Waals surface area contributed by atoms with E-state index >= 15 is 0 Å². The minimum Gasteiger partial charge on any atom is -0.480 e. The number of carbonyl (C=O) groups excluding carboxylic acids is 1. The van der Waals surface area contributed by atoms with Crippen LogP contribution in [0.4, 0.5) is 5.69 Å². The number of nitrogen functional groups attached to an aromatic ring is 1. The molecule has 6 heteroatoms. The molecule has 1 saturated carbocycles. The predicted molar refractivity (Wildman–Crippen MR) is 74.9 cm³/mol. The van der Waals surface area contributed by atoms with Crippen molar-refractivity contribution in [1.82, 2.24) is 5.32 Å². The number of benzene rings is 1. The van der Waals surface area contributed by atoms with Gasteiger partial charge >= 0.3 is 0 Å². The summed E-state index contributed by atoms with van der Waals surface area (Å²) < 4.78 is 6.13. The third-order valence-corrected chi connectivity index (χ3v) is 3.29. The number of nitrogens with zero attached hydrogens (tertiary/aromatic N) is 1. The lowest BCUT2D eigenvalue weighted by atomic mass is 10.2. The minimum atomic E-state index is -0.142. The fraction of sp³-hybridized carbons (Fsp3) is 0.333. The van der Waals surface area contributed by atoms with Crippen molar-refractivity contribution in [3.05, 3.63) is 21.3 Å². The molecular formula is C12H12IN3O2. The Hall–Kier alpha value is -1.49. The van der Waals surface area contributed by atoms with Crippen LogP contribution in [0.5, 0.6) is 5.75 Å². The molecule has 1 aromatic rings. The second-order valence-electron chi connectivity index (χ2n) is 4.12. The van der Waals surface area contributed by atoms with Crippen molar-refractivity contribution in [2.24, 2.45) is 0 Å². The number of nitrogens with two attached hydrogens (primary N) is 1. The zero-order chi connectivity index (χ0) is 13.1. The molecule has 0 unspecified atom stereocenters. The second-order valence-corrected chi connectivity index (χ2v) is 5.28. The molecule has 94 valence electrons. The van der Waals surface area contributed by atoms with Gasteiger partial charge in [0.2, 0.25) is 0 Å². The number of carbonyl (C=O) groups is 1. The fourth-order valence-corrected chi connectivity index (χ4v) is 2.27. The Labute approximate surface area is 118 Å². The third kappa shape index (κ3) is 3.26. The lowest BCUT2D eigenvalue weighted by Gasteiger charge is -2.11. The van der Waals surface area contributed by atoms with Crippen molar-refractivity contribution < 1.29 is 9.53 Å². The van der Waals surface area contributed by atoms with Crippen molar-refractivity contribution in [2.75, 3.05) is 12.3 Å².